The molecule has 0 aliphatic heterocycles. The molecule has 2 aromatic rings. The van der Waals surface area contributed by atoms with Crippen LogP contribution in [0.2, 0.25) is 5.02 Å². The quantitative estimate of drug-likeness (QED) is 0.880. The normalized spacial score (nSPS) is 13.3. The van der Waals surface area contributed by atoms with E-state index in [1.54, 1.807) is 31.2 Å². The minimum Gasteiger partial charge on any atom is -0.440 e. The summed E-state index contributed by atoms with van der Waals surface area (Å²) in [5.74, 6) is -0.0820. The van der Waals surface area contributed by atoms with E-state index in [9.17, 15) is 8.42 Å². The van der Waals surface area contributed by atoms with Crippen molar-refractivity contribution < 1.29 is 17.9 Å². The van der Waals surface area contributed by atoms with Gasteiger partial charge in [-0.1, -0.05) is 30.7 Å². The number of benzene rings is 1. The van der Waals surface area contributed by atoms with Crippen LogP contribution in [0.3, 0.4) is 0 Å². The maximum atomic E-state index is 11.9. The minimum atomic E-state index is -3.37. The van der Waals surface area contributed by atoms with Crippen LogP contribution >= 0.6 is 11.6 Å². The summed E-state index contributed by atoms with van der Waals surface area (Å²) >= 11 is 5.90. The zero-order chi connectivity index (χ0) is 15.5. The molecule has 1 atom stereocenters. The lowest BCUT2D eigenvalue weighted by molar-refractivity contribution is 0.249. The molecule has 2 rings (SSSR count). The number of nitrogens with zero attached hydrogens (tertiary/aromatic N) is 1. The van der Waals surface area contributed by atoms with Crippen molar-refractivity contribution >= 4 is 21.4 Å². The smallest absolute Gasteiger partial charge is 0.210 e. The molecule has 0 aliphatic carbocycles. The van der Waals surface area contributed by atoms with Gasteiger partial charge in [-0.15, -0.1) is 0 Å². The van der Waals surface area contributed by atoms with Crippen molar-refractivity contribution in [3.63, 3.8) is 0 Å². The van der Waals surface area contributed by atoms with E-state index in [0.717, 1.165) is 5.56 Å². The van der Waals surface area contributed by atoms with Crippen molar-refractivity contribution in [3.8, 4) is 11.3 Å². The van der Waals surface area contributed by atoms with Gasteiger partial charge in [0.1, 0.15) is 5.75 Å². The largest absolute Gasteiger partial charge is 0.440 e. The van der Waals surface area contributed by atoms with Gasteiger partial charge in [-0.25, -0.2) is 13.4 Å². The van der Waals surface area contributed by atoms with E-state index in [0.29, 0.717) is 10.8 Å². The number of halogens is 1. The molecule has 0 spiro atoms. The number of rotatable bonds is 6. The fourth-order valence-electron chi connectivity index (χ4n) is 1.89. The molecular formula is C14H16ClNO4S. The summed E-state index contributed by atoms with van der Waals surface area (Å²) in [6.07, 6.45) is 1.48. The van der Waals surface area contributed by atoms with Gasteiger partial charge in [0.2, 0.25) is 5.89 Å². The van der Waals surface area contributed by atoms with Gasteiger partial charge in [-0.3, -0.25) is 0 Å². The third-order valence-electron chi connectivity index (χ3n) is 2.86. The molecular weight excluding hydrogens is 314 g/mol. The Balaban J connectivity index is 2.14. The lowest BCUT2D eigenvalue weighted by Gasteiger charge is -2.07. The fourth-order valence-corrected chi connectivity index (χ4v) is 3.68. The third-order valence-corrected chi connectivity index (χ3v) is 4.85. The Morgan fingerprint density at radius 3 is 2.86 bits per heavy atom. The van der Waals surface area contributed by atoms with Crippen molar-refractivity contribution in [2.45, 2.75) is 12.7 Å². The number of hydrogen-bond acceptors (Lipinski definition) is 5. The van der Waals surface area contributed by atoms with Crippen LogP contribution in [0.4, 0.5) is 0 Å². The zero-order valence-corrected chi connectivity index (χ0v) is 13.1. The molecule has 114 valence electrons. The van der Waals surface area contributed by atoms with E-state index in [1.807, 2.05) is 0 Å². The van der Waals surface area contributed by atoms with Crippen molar-refractivity contribution in [1.82, 2.24) is 4.98 Å². The standard InChI is InChI=1S/C14H16ClNO4S/c1-10(7-17)8-21(18,19)9-14-16-6-13(20-14)11-3-2-4-12(15)5-11/h2-6,10,17H,7-9H2,1H3. The Kier molecular flexibility index (Phi) is 5.03. The predicted molar refractivity (Wildman–Crippen MR) is 80.7 cm³/mol. The second-order valence-electron chi connectivity index (χ2n) is 4.97. The van der Waals surface area contributed by atoms with Crippen molar-refractivity contribution in [3.05, 3.63) is 41.4 Å². The van der Waals surface area contributed by atoms with Crippen molar-refractivity contribution in [2.75, 3.05) is 12.4 Å². The first-order valence-corrected chi connectivity index (χ1v) is 8.61. The molecule has 0 saturated carbocycles. The highest BCUT2D eigenvalue weighted by molar-refractivity contribution is 7.90. The van der Waals surface area contributed by atoms with E-state index in [4.69, 9.17) is 21.1 Å². The molecule has 0 bridgehead atoms. The maximum absolute atomic E-state index is 11.9. The van der Waals surface area contributed by atoms with Crippen LogP contribution in [0.25, 0.3) is 11.3 Å². The van der Waals surface area contributed by atoms with Gasteiger partial charge in [-0.05, 0) is 18.1 Å². The summed E-state index contributed by atoms with van der Waals surface area (Å²) in [7, 11) is -3.37. The van der Waals surface area contributed by atoms with Crippen LogP contribution in [0.1, 0.15) is 12.8 Å². The highest BCUT2D eigenvalue weighted by atomic mass is 35.5. The maximum Gasteiger partial charge on any atom is 0.210 e. The molecule has 1 aromatic carbocycles. The molecule has 21 heavy (non-hydrogen) atoms. The summed E-state index contributed by atoms with van der Waals surface area (Å²) < 4.78 is 29.3. The molecule has 0 radical (unpaired) electrons. The van der Waals surface area contributed by atoms with Crippen LogP contribution in [-0.2, 0) is 15.6 Å². The van der Waals surface area contributed by atoms with Gasteiger partial charge >= 0.3 is 0 Å². The summed E-state index contributed by atoms with van der Waals surface area (Å²) in [4.78, 5) is 3.99. The monoisotopic (exact) mass is 329 g/mol. The molecule has 5 nitrogen and oxygen atoms in total. The number of sulfone groups is 1. The Hall–Kier alpha value is -1.37. The number of aliphatic hydroxyl groups excluding tert-OH is 1. The molecule has 0 aliphatic rings. The van der Waals surface area contributed by atoms with Gasteiger partial charge < -0.3 is 9.52 Å². The van der Waals surface area contributed by atoms with Crippen LogP contribution < -0.4 is 0 Å². The fraction of sp³-hybridized carbons (Fsp3) is 0.357. The van der Waals surface area contributed by atoms with E-state index in [2.05, 4.69) is 4.98 Å². The topological polar surface area (TPSA) is 80.4 Å². The van der Waals surface area contributed by atoms with E-state index < -0.39 is 9.84 Å². The molecule has 0 fully saturated rings. The third kappa shape index (κ3) is 4.56. The Bertz CT molecular complexity index is 711. The molecule has 1 aromatic heterocycles. The Morgan fingerprint density at radius 1 is 1.43 bits per heavy atom. The Labute approximate surface area is 128 Å². The average Bonchev–Trinajstić information content (AvgIpc) is 2.85. The summed E-state index contributed by atoms with van der Waals surface area (Å²) in [6, 6.07) is 7.04. The van der Waals surface area contributed by atoms with Crippen LogP contribution in [0, 0.1) is 5.92 Å². The molecule has 7 heteroatoms. The average molecular weight is 330 g/mol. The van der Waals surface area contributed by atoms with E-state index in [1.165, 1.54) is 6.20 Å². The first kappa shape index (κ1) is 16.0. The van der Waals surface area contributed by atoms with Crippen LogP contribution in [0.5, 0.6) is 0 Å². The molecule has 1 N–H and O–H groups in total. The van der Waals surface area contributed by atoms with E-state index >= 15 is 0 Å². The first-order chi connectivity index (χ1) is 9.89. The Morgan fingerprint density at radius 2 is 2.19 bits per heavy atom. The second-order valence-corrected chi connectivity index (χ2v) is 7.52. The molecule has 1 heterocycles. The van der Waals surface area contributed by atoms with Gasteiger partial charge in [0.25, 0.3) is 0 Å². The first-order valence-electron chi connectivity index (χ1n) is 6.41. The molecule has 1 unspecified atom stereocenters. The number of aliphatic hydroxyl groups is 1. The second kappa shape index (κ2) is 6.60. The lowest BCUT2D eigenvalue weighted by Crippen LogP contribution is -2.18. The minimum absolute atomic E-state index is 0.0988. The van der Waals surface area contributed by atoms with Gasteiger partial charge in [0.15, 0.2) is 15.6 Å². The lowest BCUT2D eigenvalue weighted by atomic mass is 10.2. The highest BCUT2D eigenvalue weighted by Crippen LogP contribution is 2.24. The van der Waals surface area contributed by atoms with Gasteiger partial charge in [-0.2, -0.15) is 0 Å². The zero-order valence-electron chi connectivity index (χ0n) is 11.5. The summed E-state index contributed by atoms with van der Waals surface area (Å²) in [5.41, 5.74) is 0.738. The molecule has 0 amide bonds. The van der Waals surface area contributed by atoms with Gasteiger partial charge in [0, 0.05) is 17.2 Å². The SMILES string of the molecule is CC(CO)CS(=O)(=O)Cc1ncc(-c2cccc(Cl)c2)o1. The predicted octanol–water partition coefficient (Wildman–Crippen LogP) is 2.54. The van der Waals surface area contributed by atoms with Crippen molar-refractivity contribution in [1.29, 1.82) is 0 Å². The van der Waals surface area contributed by atoms with Gasteiger partial charge in [0.05, 0.1) is 11.9 Å². The van der Waals surface area contributed by atoms with Crippen LogP contribution in [0.15, 0.2) is 34.9 Å². The number of oxazole rings is 1. The van der Waals surface area contributed by atoms with E-state index in [-0.39, 0.29) is 29.9 Å². The summed E-state index contributed by atoms with van der Waals surface area (Å²) in [6.45, 7) is 1.50. The highest BCUT2D eigenvalue weighted by Gasteiger charge is 2.19. The summed E-state index contributed by atoms with van der Waals surface area (Å²) in [5, 5.41) is 9.49. The molecule has 0 saturated heterocycles. The number of hydrogen-bond donors (Lipinski definition) is 1. The van der Waals surface area contributed by atoms with Crippen molar-refractivity contribution in [2.24, 2.45) is 5.92 Å². The number of aromatic nitrogens is 1. The van der Waals surface area contributed by atoms with Crippen LogP contribution in [-0.4, -0.2) is 30.9 Å².